The standard InChI is InChI=1S/C11H18N2O3/c14-10(7-11(15)16)12-8-3-5-13-4-1-2-9(13)6-8/h8-9H,1-7H2,(H,12,14)(H,15,16). The first kappa shape index (κ1) is 11.4. The van der Waals surface area contributed by atoms with Gasteiger partial charge in [-0.1, -0.05) is 0 Å². The van der Waals surface area contributed by atoms with E-state index in [0.29, 0.717) is 6.04 Å². The largest absolute Gasteiger partial charge is 0.481 e. The summed E-state index contributed by atoms with van der Waals surface area (Å²) in [5.74, 6) is -1.42. The molecular weight excluding hydrogens is 208 g/mol. The number of nitrogens with zero attached hydrogens (tertiary/aromatic N) is 1. The molecule has 0 aliphatic carbocycles. The highest BCUT2D eigenvalue weighted by Crippen LogP contribution is 2.26. The number of nitrogens with one attached hydrogen (secondary N) is 1. The van der Waals surface area contributed by atoms with Crippen molar-refractivity contribution < 1.29 is 14.7 Å². The van der Waals surface area contributed by atoms with Crippen LogP contribution in [0.5, 0.6) is 0 Å². The highest BCUT2D eigenvalue weighted by atomic mass is 16.4. The van der Waals surface area contributed by atoms with Crippen molar-refractivity contribution in [1.29, 1.82) is 0 Å². The Kier molecular flexibility index (Phi) is 3.43. The van der Waals surface area contributed by atoms with Crippen LogP contribution in [0.2, 0.25) is 0 Å². The van der Waals surface area contributed by atoms with Gasteiger partial charge in [-0.25, -0.2) is 0 Å². The third-order valence-corrected chi connectivity index (χ3v) is 3.50. The van der Waals surface area contributed by atoms with Gasteiger partial charge in [0.05, 0.1) is 0 Å². The van der Waals surface area contributed by atoms with E-state index in [0.717, 1.165) is 19.4 Å². The fourth-order valence-corrected chi connectivity index (χ4v) is 2.77. The molecular formula is C11H18N2O3. The average Bonchev–Trinajstić information content (AvgIpc) is 2.63. The zero-order chi connectivity index (χ0) is 11.5. The van der Waals surface area contributed by atoms with Gasteiger partial charge < -0.3 is 15.3 Å². The summed E-state index contributed by atoms with van der Waals surface area (Å²) in [7, 11) is 0. The van der Waals surface area contributed by atoms with Gasteiger partial charge >= 0.3 is 5.97 Å². The van der Waals surface area contributed by atoms with Crippen molar-refractivity contribution in [3.63, 3.8) is 0 Å². The number of carbonyl (C=O) groups is 2. The molecule has 2 rings (SSSR count). The minimum absolute atomic E-state index is 0.172. The van der Waals surface area contributed by atoms with Crippen molar-refractivity contribution in [2.45, 2.75) is 44.2 Å². The Labute approximate surface area is 94.8 Å². The van der Waals surface area contributed by atoms with Crippen molar-refractivity contribution in [3.05, 3.63) is 0 Å². The molecule has 2 heterocycles. The first-order valence-corrected chi connectivity index (χ1v) is 5.90. The first-order valence-electron chi connectivity index (χ1n) is 5.90. The van der Waals surface area contributed by atoms with Crippen LogP contribution < -0.4 is 5.32 Å². The van der Waals surface area contributed by atoms with Gasteiger partial charge in [0.2, 0.25) is 5.91 Å². The monoisotopic (exact) mass is 226 g/mol. The molecule has 2 fully saturated rings. The van der Waals surface area contributed by atoms with Gasteiger partial charge in [-0.3, -0.25) is 9.59 Å². The minimum Gasteiger partial charge on any atom is -0.481 e. The van der Waals surface area contributed by atoms with Crippen LogP contribution in [0.15, 0.2) is 0 Å². The van der Waals surface area contributed by atoms with E-state index >= 15 is 0 Å². The number of piperidine rings is 1. The maximum Gasteiger partial charge on any atom is 0.312 e. The number of rotatable bonds is 3. The molecule has 2 N–H and O–H groups in total. The fourth-order valence-electron chi connectivity index (χ4n) is 2.77. The van der Waals surface area contributed by atoms with E-state index in [1.54, 1.807) is 0 Å². The van der Waals surface area contributed by atoms with Crippen molar-refractivity contribution >= 4 is 11.9 Å². The summed E-state index contributed by atoms with van der Waals surface area (Å²) in [6.45, 7) is 2.21. The SMILES string of the molecule is O=C(O)CC(=O)NC1CCN2CCCC2C1. The molecule has 2 atom stereocenters. The molecule has 0 bridgehead atoms. The second-order valence-electron chi connectivity index (χ2n) is 4.69. The number of amides is 1. The van der Waals surface area contributed by atoms with Gasteiger partial charge in [0, 0.05) is 18.6 Å². The van der Waals surface area contributed by atoms with Crippen LogP contribution in [0.3, 0.4) is 0 Å². The number of carboxylic acids is 1. The van der Waals surface area contributed by atoms with E-state index in [1.165, 1.54) is 19.4 Å². The molecule has 0 aromatic rings. The molecule has 0 radical (unpaired) electrons. The lowest BCUT2D eigenvalue weighted by Crippen LogP contribution is -2.47. The second kappa shape index (κ2) is 4.82. The maximum atomic E-state index is 11.3. The highest BCUT2D eigenvalue weighted by Gasteiger charge is 2.32. The molecule has 16 heavy (non-hydrogen) atoms. The molecule has 2 saturated heterocycles. The molecule has 0 saturated carbocycles. The zero-order valence-corrected chi connectivity index (χ0v) is 9.32. The zero-order valence-electron chi connectivity index (χ0n) is 9.32. The topological polar surface area (TPSA) is 69.6 Å². The van der Waals surface area contributed by atoms with Gasteiger partial charge in [0.1, 0.15) is 6.42 Å². The van der Waals surface area contributed by atoms with Crippen molar-refractivity contribution in [2.75, 3.05) is 13.1 Å². The summed E-state index contributed by atoms with van der Waals surface area (Å²) in [5.41, 5.74) is 0. The van der Waals surface area contributed by atoms with Crippen molar-refractivity contribution in [1.82, 2.24) is 10.2 Å². The number of carboxylic acid groups (broad SMARTS) is 1. The van der Waals surface area contributed by atoms with Gasteiger partial charge in [-0.05, 0) is 32.2 Å². The second-order valence-corrected chi connectivity index (χ2v) is 4.69. The van der Waals surface area contributed by atoms with Gasteiger partial charge in [-0.15, -0.1) is 0 Å². The van der Waals surface area contributed by atoms with Crippen LogP contribution in [0.4, 0.5) is 0 Å². The summed E-state index contributed by atoms with van der Waals surface area (Å²) < 4.78 is 0. The van der Waals surface area contributed by atoms with E-state index in [2.05, 4.69) is 10.2 Å². The smallest absolute Gasteiger partial charge is 0.312 e. The van der Waals surface area contributed by atoms with E-state index in [9.17, 15) is 9.59 Å². The molecule has 1 amide bonds. The summed E-state index contributed by atoms with van der Waals surface area (Å²) in [4.78, 5) is 24.1. The number of hydrogen-bond acceptors (Lipinski definition) is 3. The molecule has 5 nitrogen and oxygen atoms in total. The third kappa shape index (κ3) is 2.72. The molecule has 2 unspecified atom stereocenters. The Morgan fingerprint density at radius 2 is 2.12 bits per heavy atom. The molecule has 2 aliphatic rings. The molecule has 0 aromatic carbocycles. The lowest BCUT2D eigenvalue weighted by atomic mass is 9.97. The molecule has 5 heteroatoms. The van der Waals surface area contributed by atoms with Gasteiger partial charge in [-0.2, -0.15) is 0 Å². The van der Waals surface area contributed by atoms with Crippen LogP contribution in [0, 0.1) is 0 Å². The summed E-state index contributed by atoms with van der Waals surface area (Å²) in [5, 5.41) is 11.3. The normalized spacial score (nSPS) is 29.8. The number of carbonyl (C=O) groups excluding carboxylic acids is 1. The first-order chi connectivity index (χ1) is 7.65. The highest BCUT2D eigenvalue weighted by molar-refractivity contribution is 5.93. The molecule has 90 valence electrons. The summed E-state index contributed by atoms with van der Waals surface area (Å²) >= 11 is 0. The van der Waals surface area contributed by atoms with Crippen LogP contribution >= 0.6 is 0 Å². The van der Waals surface area contributed by atoms with Crippen LogP contribution in [-0.4, -0.2) is 47.1 Å². The number of fused-ring (bicyclic) bond motifs is 1. The lowest BCUT2D eigenvalue weighted by molar-refractivity contribution is -0.140. The summed E-state index contributed by atoms with van der Waals surface area (Å²) in [6, 6.07) is 0.773. The average molecular weight is 226 g/mol. The van der Waals surface area contributed by atoms with Gasteiger partial charge in [0.25, 0.3) is 0 Å². The van der Waals surface area contributed by atoms with Crippen LogP contribution in [0.1, 0.15) is 32.1 Å². The predicted octanol–water partition coefficient (Wildman–Crippen LogP) is 0.204. The fraction of sp³-hybridized carbons (Fsp3) is 0.818. The van der Waals surface area contributed by atoms with E-state index in [-0.39, 0.29) is 11.9 Å². The molecule has 0 aromatic heterocycles. The van der Waals surface area contributed by atoms with Crippen molar-refractivity contribution in [2.24, 2.45) is 0 Å². The summed E-state index contributed by atoms with van der Waals surface area (Å²) in [6.07, 6.45) is 3.98. The molecule has 0 spiro atoms. The Hall–Kier alpha value is -1.10. The minimum atomic E-state index is -1.06. The lowest BCUT2D eigenvalue weighted by Gasteiger charge is -2.35. The number of aliphatic carboxylic acids is 1. The maximum absolute atomic E-state index is 11.3. The van der Waals surface area contributed by atoms with Gasteiger partial charge in [0.15, 0.2) is 0 Å². The Morgan fingerprint density at radius 3 is 2.88 bits per heavy atom. The third-order valence-electron chi connectivity index (χ3n) is 3.50. The van der Waals surface area contributed by atoms with Crippen LogP contribution in [-0.2, 0) is 9.59 Å². The van der Waals surface area contributed by atoms with Crippen LogP contribution in [0.25, 0.3) is 0 Å². The quantitative estimate of drug-likeness (QED) is 0.675. The Morgan fingerprint density at radius 1 is 1.31 bits per heavy atom. The Balaban J connectivity index is 1.78. The van der Waals surface area contributed by atoms with E-state index in [1.807, 2.05) is 0 Å². The van der Waals surface area contributed by atoms with Crippen molar-refractivity contribution in [3.8, 4) is 0 Å². The predicted molar refractivity (Wildman–Crippen MR) is 58.0 cm³/mol. The van der Waals surface area contributed by atoms with E-state index < -0.39 is 12.4 Å². The Bertz CT molecular complexity index is 293. The van der Waals surface area contributed by atoms with E-state index in [4.69, 9.17) is 5.11 Å². The number of hydrogen-bond donors (Lipinski definition) is 2. The molecule has 2 aliphatic heterocycles.